The van der Waals surface area contributed by atoms with Crippen LogP contribution >= 0.6 is 0 Å². The van der Waals surface area contributed by atoms with Crippen molar-refractivity contribution in [1.82, 2.24) is 10.1 Å². The molecule has 0 atom stereocenters. The van der Waals surface area contributed by atoms with E-state index in [-0.39, 0.29) is 11.7 Å². The topological polar surface area (TPSA) is 77.2 Å². The molecule has 1 aromatic heterocycles. The average Bonchev–Trinajstić information content (AvgIpc) is 3.11. The molecular weight excluding hydrogens is 337 g/mol. The minimum atomic E-state index is -0.320. The van der Waals surface area contributed by atoms with Crippen LogP contribution in [0.15, 0.2) is 53.1 Å². The number of nitrogens with zero attached hydrogens (tertiary/aromatic N) is 2. The van der Waals surface area contributed by atoms with E-state index < -0.39 is 0 Å². The summed E-state index contributed by atoms with van der Waals surface area (Å²) in [5.41, 5.74) is 1.36. The molecule has 0 radical (unpaired) electrons. The highest BCUT2D eigenvalue weighted by molar-refractivity contribution is 5.90. The molecule has 1 N–H and O–H groups in total. The van der Waals surface area contributed by atoms with Gasteiger partial charge in [0.1, 0.15) is 11.6 Å². The summed E-state index contributed by atoms with van der Waals surface area (Å²) in [7, 11) is 1.57. The largest absolute Gasteiger partial charge is 0.497 e. The number of nitrogens with one attached hydrogen (secondary N) is 1. The standard InChI is InChI=1S/C19H18FN3O3/c1-25-16-5-2-4-15(12-16)21-17(24)6-3-7-18-22-19(23-26-18)13-8-10-14(20)11-9-13/h2,4-5,8-12H,3,6-7H2,1H3,(H,21,24). The molecule has 0 saturated carbocycles. The number of aryl methyl sites for hydroxylation is 1. The Balaban J connectivity index is 1.48. The number of carbonyl (C=O) groups is 1. The molecule has 0 saturated heterocycles. The Morgan fingerprint density at radius 2 is 2.04 bits per heavy atom. The SMILES string of the molecule is COc1cccc(NC(=O)CCCc2nc(-c3ccc(F)cc3)no2)c1. The lowest BCUT2D eigenvalue weighted by Gasteiger charge is -2.06. The van der Waals surface area contributed by atoms with Crippen LogP contribution in [-0.4, -0.2) is 23.2 Å². The van der Waals surface area contributed by atoms with E-state index in [1.54, 1.807) is 31.4 Å². The number of methoxy groups -OCH3 is 1. The van der Waals surface area contributed by atoms with Crippen LogP contribution in [0.3, 0.4) is 0 Å². The van der Waals surface area contributed by atoms with Crippen LogP contribution in [0.25, 0.3) is 11.4 Å². The van der Waals surface area contributed by atoms with Gasteiger partial charge in [0.2, 0.25) is 17.6 Å². The Bertz CT molecular complexity index is 878. The monoisotopic (exact) mass is 355 g/mol. The minimum Gasteiger partial charge on any atom is -0.497 e. The molecule has 0 aliphatic carbocycles. The van der Waals surface area contributed by atoms with Crippen LogP contribution < -0.4 is 10.1 Å². The fraction of sp³-hybridized carbons (Fsp3) is 0.211. The van der Waals surface area contributed by atoms with Crippen LogP contribution in [0.1, 0.15) is 18.7 Å². The number of anilines is 1. The first kappa shape index (κ1) is 17.6. The quantitative estimate of drug-likeness (QED) is 0.697. The summed E-state index contributed by atoms with van der Waals surface area (Å²) >= 11 is 0. The number of amides is 1. The van der Waals surface area contributed by atoms with Crippen LogP contribution in [0.4, 0.5) is 10.1 Å². The number of ether oxygens (including phenoxy) is 1. The van der Waals surface area contributed by atoms with Crippen LogP contribution in [-0.2, 0) is 11.2 Å². The van der Waals surface area contributed by atoms with Crippen molar-refractivity contribution >= 4 is 11.6 Å². The third kappa shape index (κ3) is 4.66. The molecule has 134 valence electrons. The van der Waals surface area contributed by atoms with Gasteiger partial charge in [-0.05, 0) is 42.8 Å². The van der Waals surface area contributed by atoms with Crippen molar-refractivity contribution in [3.05, 3.63) is 60.2 Å². The zero-order chi connectivity index (χ0) is 18.4. The van der Waals surface area contributed by atoms with Gasteiger partial charge in [-0.1, -0.05) is 11.2 Å². The van der Waals surface area contributed by atoms with E-state index in [0.717, 1.165) is 0 Å². The van der Waals surface area contributed by atoms with Crippen LogP contribution in [0.5, 0.6) is 5.75 Å². The number of carbonyl (C=O) groups excluding carboxylic acids is 1. The second-order valence-corrected chi connectivity index (χ2v) is 5.65. The van der Waals surface area contributed by atoms with E-state index in [9.17, 15) is 9.18 Å². The van der Waals surface area contributed by atoms with Crippen LogP contribution in [0.2, 0.25) is 0 Å². The Hall–Kier alpha value is -3.22. The Kier molecular flexibility index (Phi) is 5.58. The molecule has 7 heteroatoms. The first-order chi connectivity index (χ1) is 12.6. The number of benzene rings is 2. The number of halogens is 1. The van der Waals surface area contributed by atoms with E-state index in [2.05, 4.69) is 15.5 Å². The molecule has 26 heavy (non-hydrogen) atoms. The predicted molar refractivity (Wildman–Crippen MR) is 94.3 cm³/mol. The molecule has 0 fully saturated rings. The van der Waals surface area contributed by atoms with Gasteiger partial charge in [-0.15, -0.1) is 0 Å². The molecule has 3 rings (SSSR count). The predicted octanol–water partition coefficient (Wildman–Crippen LogP) is 3.85. The summed E-state index contributed by atoms with van der Waals surface area (Å²) < 4.78 is 23.2. The van der Waals surface area contributed by atoms with Crippen molar-refractivity contribution in [1.29, 1.82) is 0 Å². The molecule has 1 amide bonds. The van der Waals surface area contributed by atoms with Gasteiger partial charge in [-0.25, -0.2) is 4.39 Å². The fourth-order valence-corrected chi connectivity index (χ4v) is 2.40. The summed E-state index contributed by atoms with van der Waals surface area (Å²) in [6.07, 6.45) is 1.38. The molecular formula is C19H18FN3O3. The smallest absolute Gasteiger partial charge is 0.226 e. The summed E-state index contributed by atoms with van der Waals surface area (Å²) in [4.78, 5) is 16.3. The average molecular weight is 355 g/mol. The van der Waals surface area contributed by atoms with E-state index >= 15 is 0 Å². The Morgan fingerprint density at radius 3 is 2.81 bits per heavy atom. The highest BCUT2D eigenvalue weighted by atomic mass is 19.1. The second kappa shape index (κ2) is 8.24. The lowest BCUT2D eigenvalue weighted by Crippen LogP contribution is -2.11. The number of aromatic nitrogens is 2. The minimum absolute atomic E-state index is 0.100. The molecule has 0 unspecified atom stereocenters. The molecule has 1 heterocycles. The molecule has 0 spiro atoms. The van der Waals surface area contributed by atoms with Gasteiger partial charge in [0, 0.05) is 30.2 Å². The normalized spacial score (nSPS) is 10.5. The Morgan fingerprint density at radius 1 is 1.23 bits per heavy atom. The number of hydrogen-bond acceptors (Lipinski definition) is 5. The maximum Gasteiger partial charge on any atom is 0.226 e. The van der Waals surface area contributed by atoms with Gasteiger partial charge < -0.3 is 14.6 Å². The third-order valence-corrected chi connectivity index (χ3v) is 3.72. The van der Waals surface area contributed by atoms with Crippen molar-refractivity contribution in [2.75, 3.05) is 12.4 Å². The maximum atomic E-state index is 12.9. The Labute approximate surface area is 150 Å². The number of hydrogen-bond donors (Lipinski definition) is 1. The van der Waals surface area contributed by atoms with Gasteiger partial charge in [-0.2, -0.15) is 4.98 Å². The fourth-order valence-electron chi connectivity index (χ4n) is 2.40. The molecule has 0 bridgehead atoms. The van der Waals surface area contributed by atoms with Gasteiger partial charge in [0.25, 0.3) is 0 Å². The van der Waals surface area contributed by atoms with Crippen molar-refractivity contribution in [2.45, 2.75) is 19.3 Å². The van der Waals surface area contributed by atoms with E-state index in [1.165, 1.54) is 12.1 Å². The van der Waals surface area contributed by atoms with Crippen molar-refractivity contribution < 1.29 is 18.4 Å². The first-order valence-electron chi connectivity index (χ1n) is 8.16. The van der Waals surface area contributed by atoms with Crippen molar-refractivity contribution in [2.24, 2.45) is 0 Å². The number of rotatable bonds is 7. The third-order valence-electron chi connectivity index (χ3n) is 3.72. The maximum absolute atomic E-state index is 12.9. The zero-order valence-corrected chi connectivity index (χ0v) is 14.2. The summed E-state index contributed by atoms with van der Waals surface area (Å²) in [6, 6.07) is 13.0. The summed E-state index contributed by atoms with van der Waals surface area (Å²) in [5.74, 6) is 1.11. The van der Waals surface area contributed by atoms with Crippen LogP contribution in [0, 0.1) is 5.82 Å². The highest BCUT2D eigenvalue weighted by Gasteiger charge is 2.10. The second-order valence-electron chi connectivity index (χ2n) is 5.65. The van der Waals surface area contributed by atoms with Gasteiger partial charge in [-0.3, -0.25) is 4.79 Å². The van der Waals surface area contributed by atoms with Crippen molar-refractivity contribution in [3.8, 4) is 17.1 Å². The molecule has 2 aromatic carbocycles. The van der Waals surface area contributed by atoms with E-state index in [1.807, 2.05) is 12.1 Å². The molecule has 0 aliphatic heterocycles. The summed E-state index contributed by atoms with van der Waals surface area (Å²) in [5, 5.41) is 6.70. The van der Waals surface area contributed by atoms with E-state index in [0.29, 0.717) is 48.0 Å². The lowest BCUT2D eigenvalue weighted by molar-refractivity contribution is -0.116. The molecule has 0 aliphatic rings. The van der Waals surface area contributed by atoms with E-state index in [4.69, 9.17) is 9.26 Å². The zero-order valence-electron chi connectivity index (χ0n) is 14.2. The van der Waals surface area contributed by atoms with Gasteiger partial charge in [0.05, 0.1) is 7.11 Å². The highest BCUT2D eigenvalue weighted by Crippen LogP contribution is 2.18. The lowest BCUT2D eigenvalue weighted by atomic mass is 10.2. The molecule has 6 nitrogen and oxygen atoms in total. The summed E-state index contributed by atoms with van der Waals surface area (Å²) in [6.45, 7) is 0. The van der Waals surface area contributed by atoms with Gasteiger partial charge in [0.15, 0.2) is 0 Å². The molecule has 3 aromatic rings. The van der Waals surface area contributed by atoms with Gasteiger partial charge >= 0.3 is 0 Å². The first-order valence-corrected chi connectivity index (χ1v) is 8.16. The van der Waals surface area contributed by atoms with Crippen molar-refractivity contribution in [3.63, 3.8) is 0 Å².